The second-order valence-electron chi connectivity index (χ2n) is 4.13. The van der Waals surface area contributed by atoms with Crippen LogP contribution in [0, 0.1) is 0 Å². The highest BCUT2D eigenvalue weighted by atomic mass is 35.5. The Bertz CT molecular complexity index is 677. The summed E-state index contributed by atoms with van der Waals surface area (Å²) in [6.45, 7) is -0.206. The molecule has 0 atom stereocenters. The van der Waals surface area contributed by atoms with Crippen LogP contribution in [-0.4, -0.2) is 12.5 Å². The Hall–Kier alpha value is -1.62. The van der Waals surface area contributed by atoms with E-state index in [4.69, 9.17) is 45.3 Å². The molecule has 0 saturated heterocycles. The molecule has 0 saturated carbocycles. The zero-order chi connectivity index (χ0) is 15.4. The Morgan fingerprint density at radius 2 is 1.90 bits per heavy atom. The minimum Gasteiger partial charge on any atom is -0.482 e. The van der Waals surface area contributed by atoms with E-state index in [0.29, 0.717) is 27.2 Å². The highest BCUT2D eigenvalue weighted by molar-refractivity contribution is 6.42. The molecule has 0 aliphatic rings. The van der Waals surface area contributed by atoms with Gasteiger partial charge >= 0.3 is 0 Å². The van der Waals surface area contributed by atoms with E-state index in [1.165, 1.54) is 0 Å². The van der Waals surface area contributed by atoms with Gasteiger partial charge in [-0.25, -0.2) is 0 Å². The molecule has 0 fully saturated rings. The number of anilines is 2. The monoisotopic (exact) mass is 344 g/mol. The normalized spacial score (nSPS) is 10.2. The minimum atomic E-state index is -0.354. The molecule has 4 nitrogen and oxygen atoms in total. The molecule has 2 aromatic rings. The molecule has 2 aromatic carbocycles. The van der Waals surface area contributed by atoms with Crippen LogP contribution in [-0.2, 0) is 4.79 Å². The molecule has 0 aliphatic carbocycles. The average molecular weight is 346 g/mol. The second-order valence-corrected chi connectivity index (χ2v) is 5.32. The number of amides is 1. The zero-order valence-corrected chi connectivity index (χ0v) is 13.0. The Morgan fingerprint density at radius 1 is 1.14 bits per heavy atom. The van der Waals surface area contributed by atoms with Crippen LogP contribution in [0.3, 0.4) is 0 Å². The van der Waals surface area contributed by atoms with E-state index in [1.54, 1.807) is 36.4 Å². The van der Waals surface area contributed by atoms with Crippen LogP contribution < -0.4 is 15.8 Å². The maximum Gasteiger partial charge on any atom is 0.262 e. The van der Waals surface area contributed by atoms with E-state index in [9.17, 15) is 4.79 Å². The van der Waals surface area contributed by atoms with Crippen molar-refractivity contribution in [1.29, 1.82) is 0 Å². The third-order valence-electron chi connectivity index (χ3n) is 2.55. The van der Waals surface area contributed by atoms with Gasteiger partial charge in [-0.1, -0.05) is 40.9 Å². The van der Waals surface area contributed by atoms with Gasteiger partial charge in [-0.15, -0.1) is 0 Å². The summed E-state index contributed by atoms with van der Waals surface area (Å²) < 4.78 is 5.32. The summed E-state index contributed by atoms with van der Waals surface area (Å²) in [7, 11) is 0. The van der Waals surface area contributed by atoms with Crippen molar-refractivity contribution in [2.45, 2.75) is 0 Å². The number of carbonyl (C=O) groups is 1. The lowest BCUT2D eigenvalue weighted by atomic mass is 10.3. The van der Waals surface area contributed by atoms with Crippen LogP contribution in [0.1, 0.15) is 0 Å². The number of nitrogens with one attached hydrogen (secondary N) is 1. The number of benzene rings is 2. The largest absolute Gasteiger partial charge is 0.482 e. The fraction of sp³-hybridized carbons (Fsp3) is 0.0714. The van der Waals surface area contributed by atoms with Gasteiger partial charge in [0.25, 0.3) is 5.91 Å². The molecule has 0 heterocycles. The van der Waals surface area contributed by atoms with Gasteiger partial charge in [-0.2, -0.15) is 0 Å². The molecule has 110 valence electrons. The summed E-state index contributed by atoms with van der Waals surface area (Å²) in [6, 6.07) is 9.74. The Kier molecular flexibility index (Phi) is 5.17. The first-order valence-corrected chi connectivity index (χ1v) is 7.02. The molecule has 0 aromatic heterocycles. The molecule has 3 N–H and O–H groups in total. The van der Waals surface area contributed by atoms with Gasteiger partial charge < -0.3 is 15.8 Å². The molecular formula is C14H11Cl3N2O2. The Balaban J connectivity index is 1.96. The smallest absolute Gasteiger partial charge is 0.262 e. The maximum atomic E-state index is 11.8. The predicted octanol–water partition coefficient (Wildman–Crippen LogP) is 4.25. The highest BCUT2D eigenvalue weighted by Crippen LogP contribution is 2.31. The van der Waals surface area contributed by atoms with Crippen molar-refractivity contribution < 1.29 is 9.53 Å². The second kappa shape index (κ2) is 6.89. The maximum absolute atomic E-state index is 11.8. The number of nitrogens with two attached hydrogens (primary N) is 1. The summed E-state index contributed by atoms with van der Waals surface area (Å²) in [5, 5.41) is 3.69. The molecular weight excluding hydrogens is 335 g/mol. The third-order valence-corrected chi connectivity index (χ3v) is 3.70. The average Bonchev–Trinajstić information content (AvgIpc) is 2.44. The third kappa shape index (κ3) is 4.17. The van der Waals surface area contributed by atoms with Crippen LogP contribution in [0.5, 0.6) is 5.75 Å². The molecule has 21 heavy (non-hydrogen) atoms. The van der Waals surface area contributed by atoms with Crippen molar-refractivity contribution in [3.8, 4) is 5.75 Å². The van der Waals surface area contributed by atoms with E-state index in [0.717, 1.165) is 0 Å². The van der Waals surface area contributed by atoms with Gasteiger partial charge in [0.2, 0.25) is 0 Å². The molecule has 0 aliphatic heterocycles. The number of rotatable bonds is 4. The fourth-order valence-electron chi connectivity index (χ4n) is 1.56. The van der Waals surface area contributed by atoms with Gasteiger partial charge in [-0.3, -0.25) is 4.79 Å². The van der Waals surface area contributed by atoms with Gasteiger partial charge in [-0.05, 0) is 30.3 Å². The van der Waals surface area contributed by atoms with Gasteiger partial charge in [0.05, 0.1) is 15.7 Å². The number of ether oxygens (including phenoxy) is 1. The van der Waals surface area contributed by atoms with Crippen LogP contribution in [0.4, 0.5) is 11.4 Å². The standard InChI is InChI=1S/C14H11Cl3N2O2/c15-9-5-4-8(6-11(9)18)19-13(20)7-21-12-3-1-2-10(16)14(12)17/h1-6H,7,18H2,(H,19,20). The van der Waals surface area contributed by atoms with E-state index >= 15 is 0 Å². The quantitative estimate of drug-likeness (QED) is 0.814. The van der Waals surface area contributed by atoms with Crippen molar-refractivity contribution in [3.63, 3.8) is 0 Å². The SMILES string of the molecule is Nc1cc(NC(=O)COc2cccc(Cl)c2Cl)ccc1Cl. The number of carbonyl (C=O) groups excluding carboxylic acids is 1. The number of hydrogen-bond acceptors (Lipinski definition) is 3. The summed E-state index contributed by atoms with van der Waals surface area (Å²) >= 11 is 17.6. The number of nitrogen functional groups attached to an aromatic ring is 1. The van der Waals surface area contributed by atoms with Crippen molar-refractivity contribution >= 4 is 52.1 Å². The van der Waals surface area contributed by atoms with Crippen LogP contribution in [0.2, 0.25) is 15.1 Å². The fourth-order valence-corrected chi connectivity index (χ4v) is 2.02. The van der Waals surface area contributed by atoms with Crippen LogP contribution in [0.25, 0.3) is 0 Å². The van der Waals surface area contributed by atoms with E-state index in [1.807, 2.05) is 0 Å². The van der Waals surface area contributed by atoms with E-state index in [2.05, 4.69) is 5.32 Å². The Labute approximate surface area is 136 Å². The Morgan fingerprint density at radius 3 is 2.62 bits per heavy atom. The van der Waals surface area contributed by atoms with Crippen molar-refractivity contribution in [1.82, 2.24) is 0 Å². The minimum absolute atomic E-state index is 0.206. The van der Waals surface area contributed by atoms with E-state index in [-0.39, 0.29) is 17.5 Å². The predicted molar refractivity (Wildman–Crippen MR) is 86.5 cm³/mol. The lowest BCUT2D eigenvalue weighted by Gasteiger charge is -2.10. The lowest BCUT2D eigenvalue weighted by Crippen LogP contribution is -2.20. The summed E-state index contributed by atoms with van der Waals surface area (Å²) in [6.07, 6.45) is 0. The molecule has 0 bridgehead atoms. The number of halogens is 3. The molecule has 0 spiro atoms. The van der Waals surface area contributed by atoms with Crippen LogP contribution in [0.15, 0.2) is 36.4 Å². The van der Waals surface area contributed by atoms with Gasteiger partial charge in [0.1, 0.15) is 10.8 Å². The topological polar surface area (TPSA) is 64.3 Å². The van der Waals surface area contributed by atoms with Crippen molar-refractivity contribution in [3.05, 3.63) is 51.5 Å². The lowest BCUT2D eigenvalue weighted by molar-refractivity contribution is -0.118. The molecule has 0 radical (unpaired) electrons. The first-order chi connectivity index (χ1) is 9.97. The zero-order valence-electron chi connectivity index (χ0n) is 10.7. The molecule has 7 heteroatoms. The first kappa shape index (κ1) is 15.8. The van der Waals surface area contributed by atoms with Gasteiger partial charge in [0.15, 0.2) is 6.61 Å². The summed E-state index contributed by atoms with van der Waals surface area (Å²) in [5.74, 6) is -0.0114. The molecule has 2 rings (SSSR count). The summed E-state index contributed by atoms with van der Waals surface area (Å²) in [5.41, 5.74) is 6.56. The van der Waals surface area contributed by atoms with Crippen molar-refractivity contribution in [2.24, 2.45) is 0 Å². The molecule has 0 unspecified atom stereocenters. The van der Waals surface area contributed by atoms with Crippen molar-refractivity contribution in [2.75, 3.05) is 17.7 Å². The highest BCUT2D eigenvalue weighted by Gasteiger charge is 2.09. The van der Waals surface area contributed by atoms with Gasteiger partial charge in [0, 0.05) is 5.69 Å². The molecule has 1 amide bonds. The first-order valence-electron chi connectivity index (χ1n) is 5.89. The number of hydrogen-bond donors (Lipinski definition) is 2. The summed E-state index contributed by atoms with van der Waals surface area (Å²) in [4.78, 5) is 11.8. The van der Waals surface area contributed by atoms with E-state index < -0.39 is 0 Å². The van der Waals surface area contributed by atoms with Crippen LogP contribution >= 0.6 is 34.8 Å².